The molecule has 0 saturated carbocycles. The summed E-state index contributed by atoms with van der Waals surface area (Å²) in [6, 6.07) is 21.0. The Bertz CT molecular complexity index is 639. The van der Waals surface area contributed by atoms with Gasteiger partial charge in [-0.3, -0.25) is 9.69 Å². The number of rotatable bonds is 5. The number of amides is 1. The van der Waals surface area contributed by atoms with E-state index in [1.54, 1.807) is 0 Å². The second kappa shape index (κ2) is 9.59. The molecule has 0 aromatic heterocycles. The molecule has 0 radical (unpaired) electrons. The Hall–Kier alpha value is -1.84. The van der Waals surface area contributed by atoms with E-state index in [1.807, 2.05) is 42.2 Å². The highest BCUT2D eigenvalue weighted by molar-refractivity contribution is 5.93. The van der Waals surface area contributed by atoms with E-state index in [2.05, 4.69) is 35.2 Å². The fourth-order valence-electron chi connectivity index (χ4n) is 3.49. The van der Waals surface area contributed by atoms with Crippen LogP contribution in [0, 0.1) is 0 Å². The number of carbonyl (C=O) groups is 1. The van der Waals surface area contributed by atoms with E-state index in [0.29, 0.717) is 12.5 Å². The molecule has 1 fully saturated rings. The van der Waals surface area contributed by atoms with Gasteiger partial charge in [-0.05, 0) is 30.5 Å². The third kappa shape index (κ3) is 5.07. The van der Waals surface area contributed by atoms with Crippen LogP contribution in [-0.2, 0) is 11.3 Å². The molecular formula is C21H27ClN2O. The molecule has 0 N–H and O–H groups in total. The number of hydrogen-bond donors (Lipinski definition) is 0. The van der Waals surface area contributed by atoms with Crippen LogP contribution in [0.1, 0.15) is 31.7 Å². The predicted octanol–water partition coefficient (Wildman–Crippen LogP) is 4.52. The number of piperidine rings is 1. The highest BCUT2D eigenvalue weighted by atomic mass is 35.5. The van der Waals surface area contributed by atoms with E-state index in [0.717, 1.165) is 38.2 Å². The van der Waals surface area contributed by atoms with Crippen LogP contribution in [0.3, 0.4) is 0 Å². The van der Waals surface area contributed by atoms with Crippen molar-refractivity contribution in [1.82, 2.24) is 4.90 Å². The third-order valence-electron chi connectivity index (χ3n) is 4.78. The lowest BCUT2D eigenvalue weighted by Crippen LogP contribution is -2.47. The van der Waals surface area contributed by atoms with Crippen LogP contribution < -0.4 is 4.90 Å². The first-order valence-electron chi connectivity index (χ1n) is 8.91. The Labute approximate surface area is 157 Å². The minimum atomic E-state index is 0. The van der Waals surface area contributed by atoms with E-state index >= 15 is 0 Å². The largest absolute Gasteiger partial charge is 0.309 e. The molecule has 1 aliphatic rings. The Morgan fingerprint density at radius 2 is 1.56 bits per heavy atom. The van der Waals surface area contributed by atoms with Crippen molar-refractivity contribution in [2.45, 2.75) is 38.8 Å². The molecule has 1 amide bonds. The maximum absolute atomic E-state index is 12.5. The first kappa shape index (κ1) is 19.5. The smallest absolute Gasteiger partial charge is 0.226 e. The molecule has 1 aliphatic heterocycles. The number of halogens is 1. The Kier molecular flexibility index (Phi) is 7.48. The van der Waals surface area contributed by atoms with Gasteiger partial charge in [-0.25, -0.2) is 0 Å². The van der Waals surface area contributed by atoms with E-state index in [1.165, 1.54) is 5.56 Å². The van der Waals surface area contributed by atoms with Gasteiger partial charge >= 0.3 is 0 Å². The molecule has 1 saturated heterocycles. The number of hydrogen-bond acceptors (Lipinski definition) is 2. The minimum absolute atomic E-state index is 0. The van der Waals surface area contributed by atoms with E-state index in [4.69, 9.17) is 0 Å². The molecule has 2 aromatic rings. The Morgan fingerprint density at radius 1 is 1.00 bits per heavy atom. The zero-order chi connectivity index (χ0) is 16.8. The van der Waals surface area contributed by atoms with Crippen molar-refractivity contribution >= 4 is 24.0 Å². The standard InChI is InChI=1S/C21H26N2O.ClH/c1-2-21(24)23(19-11-7-4-8-12-19)20-13-15-22(16-14-20)17-18-9-5-3-6-10-18;/h3-12,20H,2,13-17H2,1H3;1H. The lowest BCUT2D eigenvalue weighted by atomic mass is 10.0. The number of benzene rings is 2. The van der Waals surface area contributed by atoms with Crippen LogP contribution in [0.2, 0.25) is 0 Å². The summed E-state index contributed by atoms with van der Waals surface area (Å²) in [6.07, 6.45) is 2.63. The van der Waals surface area contributed by atoms with Crippen LogP contribution in [0.15, 0.2) is 60.7 Å². The van der Waals surface area contributed by atoms with Crippen LogP contribution in [-0.4, -0.2) is 29.9 Å². The van der Waals surface area contributed by atoms with Crippen LogP contribution in [0.5, 0.6) is 0 Å². The van der Waals surface area contributed by atoms with E-state index in [-0.39, 0.29) is 18.3 Å². The van der Waals surface area contributed by atoms with Gasteiger partial charge in [-0.15, -0.1) is 12.4 Å². The number of anilines is 1. The average Bonchev–Trinajstić information content (AvgIpc) is 2.65. The Morgan fingerprint density at radius 3 is 2.12 bits per heavy atom. The van der Waals surface area contributed by atoms with E-state index in [9.17, 15) is 4.79 Å². The topological polar surface area (TPSA) is 23.6 Å². The molecule has 1 heterocycles. The van der Waals surface area contributed by atoms with Crippen LogP contribution in [0.25, 0.3) is 0 Å². The van der Waals surface area contributed by atoms with Crippen molar-refractivity contribution in [3.05, 3.63) is 66.2 Å². The summed E-state index contributed by atoms with van der Waals surface area (Å²) in [5.74, 6) is 0.225. The fraction of sp³-hybridized carbons (Fsp3) is 0.381. The Balaban J connectivity index is 0.00000225. The number of nitrogens with zero attached hydrogens (tertiary/aromatic N) is 2. The molecular weight excluding hydrogens is 332 g/mol. The molecule has 0 unspecified atom stereocenters. The molecule has 2 aromatic carbocycles. The zero-order valence-corrected chi connectivity index (χ0v) is 15.6. The van der Waals surface area contributed by atoms with Gasteiger partial charge in [-0.2, -0.15) is 0 Å². The molecule has 134 valence electrons. The third-order valence-corrected chi connectivity index (χ3v) is 4.78. The van der Waals surface area contributed by atoms with Crippen molar-refractivity contribution < 1.29 is 4.79 Å². The summed E-state index contributed by atoms with van der Waals surface area (Å²) in [5.41, 5.74) is 2.39. The SMILES string of the molecule is CCC(=O)N(c1ccccc1)C1CCN(Cc2ccccc2)CC1.Cl. The summed E-state index contributed by atoms with van der Waals surface area (Å²) < 4.78 is 0. The van der Waals surface area contributed by atoms with Gasteiger partial charge in [-0.1, -0.05) is 55.5 Å². The summed E-state index contributed by atoms with van der Waals surface area (Å²) in [4.78, 5) is 17.0. The second-order valence-corrected chi connectivity index (χ2v) is 6.45. The van der Waals surface area contributed by atoms with Gasteiger partial charge in [0.05, 0.1) is 0 Å². The van der Waals surface area contributed by atoms with Gasteiger partial charge < -0.3 is 4.90 Å². The summed E-state index contributed by atoms with van der Waals surface area (Å²) in [5, 5.41) is 0. The summed E-state index contributed by atoms with van der Waals surface area (Å²) >= 11 is 0. The molecule has 0 bridgehead atoms. The molecule has 4 heteroatoms. The number of carbonyl (C=O) groups excluding carboxylic acids is 1. The van der Waals surface area contributed by atoms with Crippen LogP contribution in [0.4, 0.5) is 5.69 Å². The van der Waals surface area contributed by atoms with E-state index < -0.39 is 0 Å². The summed E-state index contributed by atoms with van der Waals surface area (Å²) in [7, 11) is 0. The number of para-hydroxylation sites is 1. The molecule has 0 spiro atoms. The molecule has 3 rings (SSSR count). The van der Waals surface area contributed by atoms with Crippen molar-refractivity contribution in [3.8, 4) is 0 Å². The van der Waals surface area contributed by atoms with Crippen molar-refractivity contribution in [2.24, 2.45) is 0 Å². The van der Waals surface area contributed by atoms with Gasteiger partial charge in [0.15, 0.2) is 0 Å². The molecule has 25 heavy (non-hydrogen) atoms. The van der Waals surface area contributed by atoms with Crippen molar-refractivity contribution in [2.75, 3.05) is 18.0 Å². The van der Waals surface area contributed by atoms with Crippen molar-refractivity contribution in [3.63, 3.8) is 0 Å². The normalized spacial score (nSPS) is 15.4. The van der Waals surface area contributed by atoms with Crippen molar-refractivity contribution in [1.29, 1.82) is 0 Å². The van der Waals surface area contributed by atoms with Gasteiger partial charge in [0, 0.05) is 37.8 Å². The lowest BCUT2D eigenvalue weighted by Gasteiger charge is -2.38. The second-order valence-electron chi connectivity index (χ2n) is 6.45. The van der Waals surface area contributed by atoms with Gasteiger partial charge in [0.2, 0.25) is 5.91 Å². The molecule has 0 atom stereocenters. The predicted molar refractivity (Wildman–Crippen MR) is 106 cm³/mol. The van der Waals surface area contributed by atoms with Crippen LogP contribution >= 0.6 is 12.4 Å². The maximum atomic E-state index is 12.5. The highest BCUT2D eigenvalue weighted by Crippen LogP contribution is 2.25. The fourth-order valence-corrected chi connectivity index (χ4v) is 3.49. The van der Waals surface area contributed by atoms with Gasteiger partial charge in [0.1, 0.15) is 0 Å². The molecule has 3 nitrogen and oxygen atoms in total. The minimum Gasteiger partial charge on any atom is -0.309 e. The first-order chi connectivity index (χ1) is 11.8. The summed E-state index contributed by atoms with van der Waals surface area (Å²) in [6.45, 7) is 5.03. The lowest BCUT2D eigenvalue weighted by molar-refractivity contribution is -0.119. The quantitative estimate of drug-likeness (QED) is 0.784. The number of likely N-dealkylation sites (tertiary alicyclic amines) is 1. The highest BCUT2D eigenvalue weighted by Gasteiger charge is 2.28. The zero-order valence-electron chi connectivity index (χ0n) is 14.8. The maximum Gasteiger partial charge on any atom is 0.226 e. The van der Waals surface area contributed by atoms with Gasteiger partial charge in [0.25, 0.3) is 0 Å². The monoisotopic (exact) mass is 358 g/mol. The molecule has 0 aliphatic carbocycles. The first-order valence-corrected chi connectivity index (χ1v) is 8.91. The average molecular weight is 359 g/mol.